The normalized spacial score (nSPS) is 14.6. The lowest BCUT2D eigenvalue weighted by Gasteiger charge is -2.08. The molecule has 2 aromatic rings. The third-order valence-corrected chi connectivity index (χ3v) is 3.36. The summed E-state index contributed by atoms with van der Waals surface area (Å²) >= 11 is 0. The molecule has 0 atom stereocenters. The molecule has 1 aliphatic rings. The second kappa shape index (κ2) is 5.85. The summed E-state index contributed by atoms with van der Waals surface area (Å²) in [7, 11) is 1.61. The van der Waals surface area contributed by atoms with Gasteiger partial charge in [-0.3, -0.25) is 4.79 Å². The van der Waals surface area contributed by atoms with E-state index in [9.17, 15) is 9.90 Å². The summed E-state index contributed by atoms with van der Waals surface area (Å²) in [5.41, 5.74) is 1.44. The van der Waals surface area contributed by atoms with Crippen molar-refractivity contribution in [1.29, 1.82) is 0 Å². The molecule has 6 heteroatoms. The predicted octanol–water partition coefficient (Wildman–Crippen LogP) is 1.80. The molecule has 1 aliphatic heterocycles. The molecule has 0 radical (unpaired) electrons. The van der Waals surface area contributed by atoms with Gasteiger partial charge in [0.15, 0.2) is 11.6 Å². The Morgan fingerprint density at radius 1 is 1.27 bits per heavy atom. The fraction of sp³-hybridized carbons (Fsp3) is 0.188. The Morgan fingerprint density at radius 2 is 2.05 bits per heavy atom. The first-order valence-electron chi connectivity index (χ1n) is 6.83. The van der Waals surface area contributed by atoms with Crippen LogP contribution in [0.4, 0.5) is 0 Å². The lowest BCUT2D eigenvalue weighted by molar-refractivity contribution is -0.126. The van der Waals surface area contributed by atoms with E-state index < -0.39 is 5.91 Å². The standard InChI is InChI=1S/C16H15N3O3/c1-19-9-12(14(20)16(19)21)15-17-8-7-13(18-15)22-10-11-5-3-2-4-6-11/h2-8,20H,9-10H2,1H3. The lowest BCUT2D eigenvalue weighted by Crippen LogP contribution is -2.21. The third-order valence-electron chi connectivity index (χ3n) is 3.36. The molecule has 0 spiro atoms. The van der Waals surface area contributed by atoms with Crippen LogP contribution in [-0.2, 0) is 11.4 Å². The Kier molecular flexibility index (Phi) is 3.74. The molecular formula is C16H15N3O3. The highest BCUT2D eigenvalue weighted by Crippen LogP contribution is 2.23. The first-order chi connectivity index (χ1) is 10.6. The number of aliphatic hydroxyl groups excluding tert-OH is 1. The first kappa shape index (κ1) is 14.1. The monoisotopic (exact) mass is 297 g/mol. The SMILES string of the molecule is CN1CC(c2nccc(OCc3ccccc3)n2)=C(O)C1=O. The Morgan fingerprint density at radius 3 is 2.73 bits per heavy atom. The molecule has 0 saturated heterocycles. The number of carbonyl (C=O) groups is 1. The lowest BCUT2D eigenvalue weighted by atomic mass is 10.2. The minimum atomic E-state index is -0.422. The van der Waals surface area contributed by atoms with Gasteiger partial charge in [-0.2, -0.15) is 4.98 Å². The van der Waals surface area contributed by atoms with Gasteiger partial charge in [-0.25, -0.2) is 4.98 Å². The molecule has 112 valence electrons. The molecule has 0 aliphatic carbocycles. The van der Waals surface area contributed by atoms with Crippen LogP contribution in [0, 0.1) is 0 Å². The maximum atomic E-state index is 11.6. The topological polar surface area (TPSA) is 75.6 Å². The molecule has 3 rings (SSSR count). The molecular weight excluding hydrogens is 282 g/mol. The van der Waals surface area contributed by atoms with E-state index in [2.05, 4.69) is 9.97 Å². The van der Waals surface area contributed by atoms with Crippen LogP contribution in [-0.4, -0.2) is 39.5 Å². The maximum absolute atomic E-state index is 11.6. The van der Waals surface area contributed by atoms with Gasteiger partial charge in [-0.1, -0.05) is 30.3 Å². The van der Waals surface area contributed by atoms with Crippen molar-refractivity contribution in [2.45, 2.75) is 6.61 Å². The van der Waals surface area contributed by atoms with Crippen LogP contribution in [0.1, 0.15) is 11.4 Å². The Hall–Kier alpha value is -2.89. The molecule has 1 aromatic carbocycles. The van der Waals surface area contributed by atoms with Crippen molar-refractivity contribution in [3.05, 3.63) is 59.7 Å². The molecule has 22 heavy (non-hydrogen) atoms. The first-order valence-corrected chi connectivity index (χ1v) is 6.83. The maximum Gasteiger partial charge on any atom is 0.289 e. The largest absolute Gasteiger partial charge is 0.503 e. The van der Waals surface area contributed by atoms with Crippen molar-refractivity contribution in [2.75, 3.05) is 13.6 Å². The number of nitrogens with zero attached hydrogens (tertiary/aromatic N) is 3. The highest BCUT2D eigenvalue weighted by Gasteiger charge is 2.29. The van der Waals surface area contributed by atoms with Crippen molar-refractivity contribution in [3.8, 4) is 5.88 Å². The zero-order valence-electron chi connectivity index (χ0n) is 12.1. The fourth-order valence-corrected chi connectivity index (χ4v) is 2.17. The number of amides is 1. The summed E-state index contributed by atoms with van der Waals surface area (Å²) in [5.74, 6) is -0.0196. The summed E-state index contributed by atoms with van der Waals surface area (Å²) in [4.78, 5) is 21.4. The van der Waals surface area contributed by atoms with Crippen molar-refractivity contribution in [1.82, 2.24) is 14.9 Å². The average molecular weight is 297 g/mol. The number of hydrogen-bond donors (Lipinski definition) is 1. The highest BCUT2D eigenvalue weighted by molar-refractivity contribution is 6.02. The number of aliphatic hydroxyl groups is 1. The van der Waals surface area contributed by atoms with Gasteiger partial charge < -0.3 is 14.7 Å². The van der Waals surface area contributed by atoms with Crippen molar-refractivity contribution < 1.29 is 14.6 Å². The van der Waals surface area contributed by atoms with E-state index in [-0.39, 0.29) is 12.3 Å². The molecule has 0 saturated carbocycles. The molecule has 0 fully saturated rings. The number of rotatable bonds is 4. The quantitative estimate of drug-likeness (QED) is 0.931. The van der Waals surface area contributed by atoms with Gasteiger partial charge in [0.25, 0.3) is 5.91 Å². The van der Waals surface area contributed by atoms with Crippen molar-refractivity contribution >= 4 is 11.5 Å². The van der Waals surface area contributed by atoms with Crippen molar-refractivity contribution in [3.63, 3.8) is 0 Å². The number of likely N-dealkylation sites (N-methyl/N-ethyl adjacent to an activating group) is 1. The molecule has 0 unspecified atom stereocenters. The van der Waals surface area contributed by atoms with Gasteiger partial charge in [-0.15, -0.1) is 0 Å². The number of carbonyl (C=O) groups excluding carboxylic acids is 1. The Bertz CT molecular complexity index is 728. The third kappa shape index (κ3) is 2.76. The van der Waals surface area contributed by atoms with E-state index in [1.165, 1.54) is 4.90 Å². The Balaban J connectivity index is 1.77. The van der Waals surface area contributed by atoms with E-state index in [1.54, 1.807) is 19.3 Å². The molecule has 0 bridgehead atoms. The van der Waals surface area contributed by atoms with Crippen LogP contribution in [0.25, 0.3) is 5.57 Å². The summed E-state index contributed by atoms with van der Waals surface area (Å²) in [6.07, 6.45) is 1.55. The van der Waals surface area contributed by atoms with Crippen LogP contribution >= 0.6 is 0 Å². The molecule has 6 nitrogen and oxygen atoms in total. The van der Waals surface area contributed by atoms with Crippen LogP contribution in [0.3, 0.4) is 0 Å². The number of benzene rings is 1. The van der Waals surface area contributed by atoms with E-state index in [4.69, 9.17) is 4.74 Å². The van der Waals surface area contributed by atoms with Gasteiger partial charge in [0.1, 0.15) is 6.61 Å². The minimum Gasteiger partial charge on any atom is -0.503 e. The van der Waals surface area contributed by atoms with Gasteiger partial charge in [-0.05, 0) is 5.56 Å². The van der Waals surface area contributed by atoms with Crippen molar-refractivity contribution in [2.24, 2.45) is 0 Å². The molecule has 1 N–H and O–H groups in total. The summed E-state index contributed by atoms with van der Waals surface area (Å²) in [5, 5.41) is 9.85. The fourth-order valence-electron chi connectivity index (χ4n) is 2.17. The van der Waals surface area contributed by atoms with Crippen LogP contribution in [0.15, 0.2) is 48.4 Å². The summed E-state index contributed by atoms with van der Waals surface area (Å²) < 4.78 is 5.63. The molecule has 1 aromatic heterocycles. The van der Waals surface area contributed by atoms with Gasteiger partial charge in [0.2, 0.25) is 5.88 Å². The number of hydrogen-bond acceptors (Lipinski definition) is 5. The van der Waals surface area contributed by atoms with Crippen LogP contribution in [0.5, 0.6) is 5.88 Å². The summed E-state index contributed by atoms with van der Waals surface area (Å²) in [6, 6.07) is 11.4. The van der Waals surface area contributed by atoms with E-state index in [0.29, 0.717) is 23.9 Å². The second-order valence-electron chi connectivity index (χ2n) is 4.98. The molecule has 2 heterocycles. The van der Waals surface area contributed by atoms with E-state index >= 15 is 0 Å². The zero-order valence-corrected chi connectivity index (χ0v) is 12.1. The van der Waals surface area contributed by atoms with Gasteiger partial charge in [0.05, 0.1) is 12.1 Å². The average Bonchev–Trinajstić information content (AvgIpc) is 2.82. The summed E-state index contributed by atoms with van der Waals surface area (Å²) in [6.45, 7) is 0.675. The van der Waals surface area contributed by atoms with E-state index in [1.807, 2.05) is 30.3 Å². The second-order valence-corrected chi connectivity index (χ2v) is 4.98. The Labute approximate surface area is 127 Å². The number of aromatic nitrogens is 2. The zero-order chi connectivity index (χ0) is 15.5. The van der Waals surface area contributed by atoms with Crippen LogP contribution < -0.4 is 4.74 Å². The van der Waals surface area contributed by atoms with Gasteiger partial charge >= 0.3 is 0 Å². The molecule has 1 amide bonds. The highest BCUT2D eigenvalue weighted by atomic mass is 16.5. The predicted molar refractivity (Wildman–Crippen MR) is 80.0 cm³/mol. The minimum absolute atomic E-state index is 0.285. The number of ether oxygens (including phenoxy) is 1. The smallest absolute Gasteiger partial charge is 0.289 e. The van der Waals surface area contributed by atoms with Crippen LogP contribution in [0.2, 0.25) is 0 Å². The van der Waals surface area contributed by atoms with E-state index in [0.717, 1.165) is 5.56 Å². The van der Waals surface area contributed by atoms with Gasteiger partial charge in [0, 0.05) is 19.3 Å².